The van der Waals surface area contributed by atoms with Gasteiger partial charge in [-0.2, -0.15) is 18.4 Å². The third kappa shape index (κ3) is 3.48. The molecular weight excluding hydrogens is 288 g/mol. The van der Waals surface area contributed by atoms with E-state index in [-0.39, 0.29) is 17.7 Å². The molecule has 0 aliphatic carbocycles. The minimum absolute atomic E-state index is 0.153. The second-order valence-electron chi connectivity index (χ2n) is 4.04. The Morgan fingerprint density at radius 1 is 1.14 bits per heavy atom. The number of pyridine rings is 1. The van der Waals surface area contributed by atoms with Crippen molar-refractivity contribution in [3.63, 3.8) is 0 Å². The summed E-state index contributed by atoms with van der Waals surface area (Å²) in [6.07, 6.45) is -4.65. The Labute approximate surface area is 117 Å². The maximum absolute atomic E-state index is 13.4. The third-order valence-corrected chi connectivity index (χ3v) is 2.59. The van der Waals surface area contributed by atoms with Crippen LogP contribution in [0.25, 0.3) is 0 Å². The molecule has 0 bridgehead atoms. The van der Waals surface area contributed by atoms with E-state index < -0.39 is 23.6 Å². The minimum atomic E-state index is -4.65. The average Bonchev–Trinajstić information content (AvgIpc) is 2.45. The molecule has 2 aromatic rings. The van der Waals surface area contributed by atoms with Crippen LogP contribution in [0.3, 0.4) is 0 Å². The maximum Gasteiger partial charge on any atom is 0.433 e. The number of nitrogens with zero attached hydrogens (tertiary/aromatic N) is 2. The van der Waals surface area contributed by atoms with Crippen molar-refractivity contribution in [3.05, 3.63) is 59.0 Å². The lowest BCUT2D eigenvalue weighted by atomic mass is 10.2. The molecule has 7 heteroatoms. The third-order valence-electron chi connectivity index (χ3n) is 2.59. The van der Waals surface area contributed by atoms with Gasteiger partial charge < -0.3 is 4.74 Å². The van der Waals surface area contributed by atoms with Crippen LogP contribution in [0.5, 0.6) is 5.88 Å². The van der Waals surface area contributed by atoms with Crippen molar-refractivity contribution in [2.24, 2.45) is 0 Å². The van der Waals surface area contributed by atoms with Gasteiger partial charge in [0.1, 0.15) is 29.8 Å². The van der Waals surface area contributed by atoms with Crippen LogP contribution in [0.15, 0.2) is 36.4 Å². The van der Waals surface area contributed by atoms with Crippen LogP contribution in [0.4, 0.5) is 17.6 Å². The number of hydrogen-bond acceptors (Lipinski definition) is 3. The molecule has 0 saturated carbocycles. The Bertz CT molecular complexity index is 692. The highest BCUT2D eigenvalue weighted by Crippen LogP contribution is 2.30. The zero-order valence-electron chi connectivity index (χ0n) is 10.5. The normalized spacial score (nSPS) is 11.0. The Hall–Kier alpha value is -2.62. The Kier molecular flexibility index (Phi) is 4.08. The Morgan fingerprint density at radius 2 is 1.86 bits per heavy atom. The van der Waals surface area contributed by atoms with Crippen molar-refractivity contribution in [2.45, 2.75) is 12.8 Å². The van der Waals surface area contributed by atoms with Gasteiger partial charge in [0.05, 0.1) is 0 Å². The largest absolute Gasteiger partial charge is 0.472 e. The summed E-state index contributed by atoms with van der Waals surface area (Å²) < 4.78 is 56.2. The minimum Gasteiger partial charge on any atom is -0.472 e. The topological polar surface area (TPSA) is 45.9 Å². The first kappa shape index (κ1) is 14.8. The molecule has 0 amide bonds. The lowest BCUT2D eigenvalue weighted by Gasteiger charge is -2.11. The Morgan fingerprint density at radius 3 is 2.48 bits per heavy atom. The van der Waals surface area contributed by atoms with Crippen molar-refractivity contribution in [3.8, 4) is 11.9 Å². The van der Waals surface area contributed by atoms with E-state index in [0.717, 1.165) is 6.07 Å². The molecule has 21 heavy (non-hydrogen) atoms. The molecule has 0 aliphatic heterocycles. The zero-order valence-corrected chi connectivity index (χ0v) is 10.5. The fourth-order valence-electron chi connectivity index (χ4n) is 1.56. The molecule has 0 aliphatic rings. The van der Waals surface area contributed by atoms with Crippen LogP contribution >= 0.6 is 0 Å². The van der Waals surface area contributed by atoms with Crippen LogP contribution in [0.2, 0.25) is 0 Å². The summed E-state index contributed by atoms with van der Waals surface area (Å²) in [5.74, 6) is -1.03. The molecule has 0 fully saturated rings. The van der Waals surface area contributed by atoms with Crippen molar-refractivity contribution < 1.29 is 22.3 Å². The second-order valence-corrected chi connectivity index (χ2v) is 4.04. The van der Waals surface area contributed by atoms with Crippen molar-refractivity contribution in [2.75, 3.05) is 0 Å². The molecule has 1 aromatic heterocycles. The molecule has 0 N–H and O–H groups in total. The summed E-state index contributed by atoms with van der Waals surface area (Å²) in [7, 11) is 0. The molecule has 0 atom stereocenters. The highest BCUT2D eigenvalue weighted by Gasteiger charge is 2.33. The fourth-order valence-corrected chi connectivity index (χ4v) is 1.56. The number of hydrogen-bond donors (Lipinski definition) is 0. The van der Waals surface area contributed by atoms with Gasteiger partial charge in [0.2, 0.25) is 5.88 Å². The summed E-state index contributed by atoms with van der Waals surface area (Å²) in [5.41, 5.74) is -1.18. The first-order valence-corrected chi connectivity index (χ1v) is 5.76. The van der Waals surface area contributed by atoms with Gasteiger partial charge >= 0.3 is 6.18 Å². The first-order valence-electron chi connectivity index (χ1n) is 5.76. The highest BCUT2D eigenvalue weighted by atomic mass is 19.4. The molecule has 0 radical (unpaired) electrons. The van der Waals surface area contributed by atoms with Crippen molar-refractivity contribution >= 4 is 0 Å². The summed E-state index contributed by atoms with van der Waals surface area (Å²) in [5, 5.41) is 8.84. The summed E-state index contributed by atoms with van der Waals surface area (Å²) in [4.78, 5) is 3.27. The van der Waals surface area contributed by atoms with Crippen molar-refractivity contribution in [1.29, 1.82) is 5.26 Å². The zero-order chi connectivity index (χ0) is 15.5. The lowest BCUT2D eigenvalue weighted by molar-refractivity contribution is -0.141. The highest BCUT2D eigenvalue weighted by molar-refractivity contribution is 5.39. The first-order chi connectivity index (χ1) is 9.91. The second kappa shape index (κ2) is 5.79. The number of aromatic nitrogens is 1. The molecule has 3 nitrogen and oxygen atoms in total. The molecule has 2 rings (SSSR count). The fraction of sp³-hybridized carbons (Fsp3) is 0.143. The van der Waals surface area contributed by atoms with E-state index in [1.54, 1.807) is 12.1 Å². The number of nitriles is 1. The number of rotatable bonds is 3. The van der Waals surface area contributed by atoms with Gasteiger partial charge in [-0.25, -0.2) is 9.37 Å². The van der Waals surface area contributed by atoms with Crippen LogP contribution in [-0.4, -0.2) is 4.98 Å². The van der Waals surface area contributed by atoms with E-state index in [0.29, 0.717) is 6.07 Å². The molecule has 0 unspecified atom stereocenters. The summed E-state index contributed by atoms with van der Waals surface area (Å²) in [6, 6.07) is 8.99. The smallest absolute Gasteiger partial charge is 0.433 e. The van der Waals surface area contributed by atoms with Crippen molar-refractivity contribution in [1.82, 2.24) is 4.98 Å². The lowest BCUT2D eigenvalue weighted by Crippen LogP contribution is -2.10. The van der Waals surface area contributed by atoms with Crippen LogP contribution in [-0.2, 0) is 12.8 Å². The van der Waals surface area contributed by atoms with Gasteiger partial charge in [0.25, 0.3) is 0 Å². The molecule has 108 valence electrons. The van der Waals surface area contributed by atoms with Crippen LogP contribution in [0, 0.1) is 17.1 Å². The Balaban J connectivity index is 2.27. The predicted octanol–water partition coefficient (Wildman–Crippen LogP) is 3.69. The summed E-state index contributed by atoms with van der Waals surface area (Å²) in [6.45, 7) is -0.324. The number of alkyl halides is 3. The molecular formula is C14H8F4N2O. The molecule has 0 saturated heterocycles. The SMILES string of the molecule is N#Cc1ccc(C(F)(F)F)nc1OCc1ccccc1F. The van der Waals surface area contributed by atoms with E-state index in [2.05, 4.69) is 4.98 Å². The average molecular weight is 296 g/mol. The number of benzene rings is 1. The number of halogens is 4. The van der Waals surface area contributed by atoms with E-state index in [9.17, 15) is 17.6 Å². The van der Waals surface area contributed by atoms with Gasteiger partial charge in [-0.1, -0.05) is 18.2 Å². The van der Waals surface area contributed by atoms with E-state index in [4.69, 9.17) is 10.00 Å². The van der Waals surface area contributed by atoms with Crippen LogP contribution < -0.4 is 4.74 Å². The summed E-state index contributed by atoms with van der Waals surface area (Å²) >= 11 is 0. The number of ether oxygens (including phenoxy) is 1. The van der Waals surface area contributed by atoms with E-state index in [1.807, 2.05) is 0 Å². The monoisotopic (exact) mass is 296 g/mol. The molecule has 1 aromatic carbocycles. The molecule has 1 heterocycles. The van der Waals surface area contributed by atoms with Gasteiger partial charge in [0, 0.05) is 5.56 Å². The van der Waals surface area contributed by atoms with Gasteiger partial charge in [-0.3, -0.25) is 0 Å². The van der Waals surface area contributed by atoms with E-state index in [1.165, 1.54) is 18.2 Å². The predicted molar refractivity (Wildman–Crippen MR) is 64.7 cm³/mol. The van der Waals surface area contributed by atoms with Gasteiger partial charge in [0.15, 0.2) is 0 Å². The maximum atomic E-state index is 13.4. The van der Waals surface area contributed by atoms with E-state index >= 15 is 0 Å². The van der Waals surface area contributed by atoms with Gasteiger partial charge in [-0.15, -0.1) is 0 Å². The molecule has 0 spiro atoms. The van der Waals surface area contributed by atoms with Crippen LogP contribution in [0.1, 0.15) is 16.8 Å². The quantitative estimate of drug-likeness (QED) is 0.811. The standard InChI is InChI=1S/C14H8F4N2O/c15-11-4-2-1-3-10(11)8-21-13-9(7-19)5-6-12(20-13)14(16,17)18/h1-6H,8H2. The van der Waals surface area contributed by atoms with Gasteiger partial charge in [-0.05, 0) is 18.2 Å².